The van der Waals surface area contributed by atoms with Gasteiger partial charge in [-0.15, -0.1) is 11.3 Å². The number of guanidine groups is 1. The molecule has 0 bridgehead atoms. The minimum atomic E-state index is -0.150. The van der Waals surface area contributed by atoms with Gasteiger partial charge in [-0.3, -0.25) is 9.79 Å². The molecule has 2 unspecified atom stereocenters. The first-order chi connectivity index (χ1) is 12.6. The summed E-state index contributed by atoms with van der Waals surface area (Å²) in [6.07, 6.45) is 0. The first kappa shape index (κ1) is 18.4. The second-order valence-electron chi connectivity index (χ2n) is 6.41. The van der Waals surface area contributed by atoms with E-state index in [1.807, 2.05) is 18.2 Å². The molecule has 2 heterocycles. The van der Waals surface area contributed by atoms with Gasteiger partial charge in [-0.25, -0.2) is 4.98 Å². The van der Waals surface area contributed by atoms with Crippen LogP contribution in [0.1, 0.15) is 11.9 Å². The van der Waals surface area contributed by atoms with Crippen molar-refractivity contribution >= 4 is 23.3 Å². The van der Waals surface area contributed by atoms with E-state index in [-0.39, 0.29) is 17.8 Å². The number of hydrogen-bond donors (Lipinski definition) is 1. The maximum absolute atomic E-state index is 11.9. The number of carbonyl (C=O) groups excluding carboxylic acids is 1. The summed E-state index contributed by atoms with van der Waals surface area (Å²) >= 11 is 1.63. The van der Waals surface area contributed by atoms with E-state index in [1.165, 1.54) is 7.11 Å². The summed E-state index contributed by atoms with van der Waals surface area (Å²) in [5.41, 5.74) is 2.11. The number of thiazole rings is 1. The molecule has 1 aliphatic heterocycles. The molecule has 138 valence electrons. The van der Waals surface area contributed by atoms with Crippen LogP contribution in [0.25, 0.3) is 11.3 Å². The number of methoxy groups -OCH3 is 1. The monoisotopic (exact) mass is 372 g/mol. The normalized spacial score (nSPS) is 20.3. The molecule has 0 saturated carbocycles. The first-order valence-electron chi connectivity index (χ1n) is 8.65. The van der Waals surface area contributed by atoms with Gasteiger partial charge in [0.1, 0.15) is 5.01 Å². The standard InChI is InChI=1S/C19H24N4O2S/c1-13-10-23(11-15(13)18(24)25-3)19(20-2)21-9-17-22-16(12-26-17)14-7-5-4-6-8-14/h4-8,12-13,15H,9-11H2,1-3H3,(H,20,21). The molecule has 26 heavy (non-hydrogen) atoms. The van der Waals surface area contributed by atoms with Crippen molar-refractivity contribution in [1.29, 1.82) is 0 Å². The van der Waals surface area contributed by atoms with Gasteiger partial charge in [0.15, 0.2) is 5.96 Å². The van der Waals surface area contributed by atoms with E-state index in [4.69, 9.17) is 9.72 Å². The molecule has 1 saturated heterocycles. The van der Waals surface area contributed by atoms with Gasteiger partial charge in [-0.2, -0.15) is 0 Å². The second-order valence-corrected chi connectivity index (χ2v) is 7.35. The number of ether oxygens (including phenoxy) is 1. The van der Waals surface area contributed by atoms with Gasteiger partial charge < -0.3 is 15.0 Å². The van der Waals surface area contributed by atoms with Crippen molar-refractivity contribution in [1.82, 2.24) is 15.2 Å². The van der Waals surface area contributed by atoms with Gasteiger partial charge >= 0.3 is 5.97 Å². The summed E-state index contributed by atoms with van der Waals surface area (Å²) in [5.74, 6) is 0.774. The average molecular weight is 372 g/mol. The van der Waals surface area contributed by atoms with Crippen molar-refractivity contribution in [2.24, 2.45) is 16.8 Å². The Balaban J connectivity index is 1.60. The lowest BCUT2D eigenvalue weighted by Gasteiger charge is -2.21. The predicted molar refractivity (Wildman–Crippen MR) is 104 cm³/mol. The first-order valence-corrected chi connectivity index (χ1v) is 9.53. The summed E-state index contributed by atoms with van der Waals surface area (Å²) in [4.78, 5) is 23.0. The Labute approximate surface area is 157 Å². The van der Waals surface area contributed by atoms with Crippen LogP contribution in [0.5, 0.6) is 0 Å². The van der Waals surface area contributed by atoms with Crippen LogP contribution in [0.15, 0.2) is 40.7 Å². The Morgan fingerprint density at radius 2 is 2.15 bits per heavy atom. The largest absolute Gasteiger partial charge is 0.469 e. The quantitative estimate of drug-likeness (QED) is 0.508. The van der Waals surface area contributed by atoms with Crippen LogP contribution < -0.4 is 5.32 Å². The third kappa shape index (κ3) is 4.04. The number of rotatable bonds is 4. The maximum Gasteiger partial charge on any atom is 0.310 e. The average Bonchev–Trinajstić information content (AvgIpc) is 3.29. The lowest BCUT2D eigenvalue weighted by atomic mass is 9.99. The van der Waals surface area contributed by atoms with Crippen LogP contribution >= 0.6 is 11.3 Å². The zero-order valence-corrected chi connectivity index (χ0v) is 16.1. The highest BCUT2D eigenvalue weighted by atomic mass is 32.1. The van der Waals surface area contributed by atoms with Crippen molar-refractivity contribution in [3.05, 3.63) is 40.7 Å². The molecule has 2 atom stereocenters. The number of nitrogens with zero attached hydrogens (tertiary/aromatic N) is 3. The van der Waals surface area contributed by atoms with Crippen LogP contribution in [0, 0.1) is 11.8 Å². The molecule has 0 spiro atoms. The topological polar surface area (TPSA) is 66.8 Å². The summed E-state index contributed by atoms with van der Waals surface area (Å²) in [6, 6.07) is 10.1. The second kappa shape index (κ2) is 8.31. The molecule has 1 fully saturated rings. The van der Waals surface area contributed by atoms with Gasteiger partial charge in [0.05, 0.1) is 25.3 Å². The summed E-state index contributed by atoms with van der Waals surface area (Å²) in [7, 11) is 3.20. The Morgan fingerprint density at radius 1 is 1.38 bits per heavy atom. The van der Waals surface area contributed by atoms with E-state index in [1.54, 1.807) is 18.4 Å². The Hall–Kier alpha value is -2.41. The molecule has 0 aliphatic carbocycles. The fourth-order valence-corrected chi connectivity index (χ4v) is 3.96. The van der Waals surface area contributed by atoms with Crippen LogP contribution in [-0.4, -0.2) is 49.1 Å². The van der Waals surface area contributed by atoms with Gasteiger partial charge in [0, 0.05) is 31.1 Å². The van der Waals surface area contributed by atoms with Gasteiger partial charge in [-0.1, -0.05) is 37.3 Å². The van der Waals surface area contributed by atoms with Crippen molar-refractivity contribution in [3.63, 3.8) is 0 Å². The smallest absolute Gasteiger partial charge is 0.310 e. The van der Waals surface area contributed by atoms with E-state index in [0.29, 0.717) is 13.1 Å². The lowest BCUT2D eigenvalue weighted by molar-refractivity contribution is -0.145. The van der Waals surface area contributed by atoms with E-state index >= 15 is 0 Å². The van der Waals surface area contributed by atoms with Crippen molar-refractivity contribution in [2.75, 3.05) is 27.2 Å². The van der Waals surface area contributed by atoms with E-state index in [9.17, 15) is 4.79 Å². The minimum Gasteiger partial charge on any atom is -0.469 e. The molecular formula is C19H24N4O2S. The molecule has 3 rings (SSSR count). The zero-order valence-electron chi connectivity index (χ0n) is 15.3. The molecule has 7 heteroatoms. The van der Waals surface area contributed by atoms with Gasteiger partial charge in [0.25, 0.3) is 0 Å². The molecule has 2 aromatic rings. The third-order valence-corrected chi connectivity index (χ3v) is 5.50. The molecule has 1 aromatic carbocycles. The minimum absolute atomic E-state index is 0.108. The number of nitrogens with one attached hydrogen (secondary N) is 1. The number of esters is 1. The van der Waals surface area contributed by atoms with E-state index in [2.05, 4.69) is 39.6 Å². The van der Waals surface area contributed by atoms with Crippen LogP contribution in [0.2, 0.25) is 0 Å². The van der Waals surface area contributed by atoms with E-state index in [0.717, 1.165) is 28.8 Å². The van der Waals surface area contributed by atoms with Crippen LogP contribution in [0.4, 0.5) is 0 Å². The number of aliphatic imine (C=N–C) groups is 1. The molecule has 6 nitrogen and oxygen atoms in total. The highest BCUT2D eigenvalue weighted by molar-refractivity contribution is 7.09. The summed E-state index contributed by atoms with van der Waals surface area (Å²) in [5, 5.41) is 6.43. The Bertz CT molecular complexity index is 775. The van der Waals surface area contributed by atoms with Crippen molar-refractivity contribution in [2.45, 2.75) is 13.5 Å². The Kier molecular flexibility index (Phi) is 5.88. The zero-order chi connectivity index (χ0) is 18.5. The number of hydrogen-bond acceptors (Lipinski definition) is 5. The molecule has 0 radical (unpaired) electrons. The number of likely N-dealkylation sites (tertiary alicyclic amines) is 1. The number of carbonyl (C=O) groups is 1. The van der Waals surface area contributed by atoms with Crippen LogP contribution in [-0.2, 0) is 16.1 Å². The molecule has 1 aliphatic rings. The predicted octanol–water partition coefficient (Wildman–Crippen LogP) is 2.63. The fraction of sp³-hybridized carbons (Fsp3) is 0.421. The van der Waals surface area contributed by atoms with E-state index < -0.39 is 0 Å². The van der Waals surface area contributed by atoms with Crippen molar-refractivity contribution < 1.29 is 9.53 Å². The highest BCUT2D eigenvalue weighted by Gasteiger charge is 2.36. The third-order valence-electron chi connectivity index (χ3n) is 4.65. The Morgan fingerprint density at radius 3 is 2.85 bits per heavy atom. The van der Waals surface area contributed by atoms with Crippen molar-refractivity contribution in [3.8, 4) is 11.3 Å². The fourth-order valence-electron chi connectivity index (χ4n) is 3.22. The molecule has 1 N–H and O–H groups in total. The van der Waals surface area contributed by atoms with Gasteiger partial charge in [0.2, 0.25) is 0 Å². The lowest BCUT2D eigenvalue weighted by Crippen LogP contribution is -2.40. The van der Waals surface area contributed by atoms with Gasteiger partial charge in [-0.05, 0) is 5.92 Å². The summed E-state index contributed by atoms with van der Waals surface area (Å²) in [6.45, 7) is 4.09. The molecule has 0 amide bonds. The molecular weight excluding hydrogens is 348 g/mol. The number of benzene rings is 1. The maximum atomic E-state index is 11.9. The van der Waals surface area contributed by atoms with Crippen LogP contribution in [0.3, 0.4) is 0 Å². The molecule has 1 aromatic heterocycles. The SMILES string of the molecule is CN=C(NCc1nc(-c2ccccc2)cs1)N1CC(C)C(C(=O)OC)C1. The summed E-state index contributed by atoms with van der Waals surface area (Å²) < 4.78 is 4.91. The number of aromatic nitrogens is 1. The highest BCUT2D eigenvalue weighted by Crippen LogP contribution is 2.24.